The van der Waals surface area contributed by atoms with Crippen LogP contribution in [-0.2, 0) is 14.3 Å². The molecular formula is C26H44O5. The van der Waals surface area contributed by atoms with Crippen molar-refractivity contribution in [3.05, 3.63) is 24.3 Å². The zero-order valence-corrected chi connectivity index (χ0v) is 19.6. The van der Waals surface area contributed by atoms with Crippen LogP contribution < -0.4 is 0 Å². The molecule has 0 spiro atoms. The summed E-state index contributed by atoms with van der Waals surface area (Å²) < 4.78 is 5.60. The number of rotatable bonds is 16. The molecule has 0 aromatic heterocycles. The van der Waals surface area contributed by atoms with E-state index >= 15 is 0 Å². The molecule has 0 heterocycles. The average molecular weight is 437 g/mol. The molecule has 0 aromatic rings. The summed E-state index contributed by atoms with van der Waals surface area (Å²) in [6.07, 6.45) is 21.0. The van der Waals surface area contributed by atoms with E-state index < -0.39 is 12.1 Å². The van der Waals surface area contributed by atoms with Gasteiger partial charge in [-0.3, -0.25) is 9.59 Å². The first kappa shape index (κ1) is 27.4. The standard InChI is InChI=1S/C26H44O5/c1-3-4-5-6-7-8-16-23(28)17-11-9-14-22-15-10-12-18-24(22)25(31-21(2)27)19-13-20-26(29)30/h9,11,14,17,22-25,28H,3-8,10,12-13,15-16,18-20H2,1-2H3,(H,29,30)/b14-9+,17-11+/t22-,23?,24+,25?/m0/s1. The third-order valence-corrected chi connectivity index (χ3v) is 6.21. The van der Waals surface area contributed by atoms with Gasteiger partial charge >= 0.3 is 11.9 Å². The van der Waals surface area contributed by atoms with Crippen LogP contribution in [0.2, 0.25) is 0 Å². The lowest BCUT2D eigenvalue weighted by Gasteiger charge is -2.35. The summed E-state index contributed by atoms with van der Waals surface area (Å²) in [7, 11) is 0. The van der Waals surface area contributed by atoms with Crippen molar-refractivity contribution in [2.45, 2.75) is 116 Å². The Hall–Kier alpha value is -1.62. The minimum Gasteiger partial charge on any atom is -0.481 e. The van der Waals surface area contributed by atoms with E-state index in [1.54, 1.807) is 0 Å². The van der Waals surface area contributed by atoms with Crippen molar-refractivity contribution in [2.24, 2.45) is 11.8 Å². The lowest BCUT2D eigenvalue weighted by atomic mass is 9.75. The van der Waals surface area contributed by atoms with Gasteiger partial charge in [0.2, 0.25) is 0 Å². The van der Waals surface area contributed by atoms with E-state index in [4.69, 9.17) is 9.84 Å². The summed E-state index contributed by atoms with van der Waals surface area (Å²) in [4.78, 5) is 22.5. The average Bonchev–Trinajstić information content (AvgIpc) is 2.73. The highest BCUT2D eigenvalue weighted by molar-refractivity contribution is 5.67. The second-order valence-electron chi connectivity index (χ2n) is 8.94. The van der Waals surface area contributed by atoms with Gasteiger partial charge in [-0.25, -0.2) is 0 Å². The van der Waals surface area contributed by atoms with Gasteiger partial charge in [0.25, 0.3) is 0 Å². The molecule has 1 fully saturated rings. The minimum atomic E-state index is -0.814. The molecule has 0 radical (unpaired) electrons. The van der Waals surface area contributed by atoms with Crippen molar-refractivity contribution >= 4 is 11.9 Å². The van der Waals surface area contributed by atoms with Crippen LogP contribution in [0.25, 0.3) is 0 Å². The van der Waals surface area contributed by atoms with Gasteiger partial charge < -0.3 is 14.9 Å². The number of esters is 1. The maximum Gasteiger partial charge on any atom is 0.303 e. The summed E-state index contributed by atoms with van der Waals surface area (Å²) in [6, 6.07) is 0. The summed E-state index contributed by atoms with van der Waals surface area (Å²) in [5, 5.41) is 19.1. The zero-order valence-electron chi connectivity index (χ0n) is 19.6. The SMILES string of the molecule is CCCCCCCCC(O)/C=C/C=C/[C@H]1CCCC[C@H]1C(CCCC(=O)O)OC(C)=O. The highest BCUT2D eigenvalue weighted by Gasteiger charge is 2.32. The number of ether oxygens (including phenoxy) is 1. The number of allylic oxidation sites excluding steroid dienone is 3. The third kappa shape index (κ3) is 13.4. The Morgan fingerprint density at radius 2 is 1.71 bits per heavy atom. The van der Waals surface area contributed by atoms with Crippen LogP contribution in [0.4, 0.5) is 0 Å². The van der Waals surface area contributed by atoms with Crippen molar-refractivity contribution in [3.63, 3.8) is 0 Å². The van der Waals surface area contributed by atoms with Crippen LogP contribution in [0.15, 0.2) is 24.3 Å². The van der Waals surface area contributed by atoms with Gasteiger partial charge in [0, 0.05) is 19.3 Å². The van der Waals surface area contributed by atoms with Gasteiger partial charge in [0.15, 0.2) is 0 Å². The van der Waals surface area contributed by atoms with Crippen molar-refractivity contribution in [3.8, 4) is 0 Å². The van der Waals surface area contributed by atoms with Crippen molar-refractivity contribution in [2.75, 3.05) is 0 Å². The number of aliphatic carboxylic acids is 1. The summed E-state index contributed by atoms with van der Waals surface area (Å²) >= 11 is 0. The topological polar surface area (TPSA) is 83.8 Å². The number of carboxylic acids is 1. The molecule has 1 rings (SSSR count). The molecule has 0 aliphatic heterocycles. The Morgan fingerprint density at radius 1 is 1.00 bits per heavy atom. The van der Waals surface area contributed by atoms with Gasteiger partial charge in [0.05, 0.1) is 6.10 Å². The number of aliphatic hydroxyl groups excluding tert-OH is 1. The maximum atomic E-state index is 11.6. The molecule has 0 aromatic carbocycles. The Kier molecular flexibility index (Phi) is 15.0. The van der Waals surface area contributed by atoms with Gasteiger partial charge in [-0.1, -0.05) is 82.6 Å². The normalized spacial score (nSPS) is 21.4. The molecule has 5 heteroatoms. The second-order valence-corrected chi connectivity index (χ2v) is 8.94. The number of hydrogen-bond donors (Lipinski definition) is 2. The first-order valence-corrected chi connectivity index (χ1v) is 12.4. The molecule has 0 bridgehead atoms. The second kappa shape index (κ2) is 17.0. The Morgan fingerprint density at radius 3 is 2.42 bits per heavy atom. The van der Waals surface area contributed by atoms with Crippen LogP contribution in [0.1, 0.15) is 104 Å². The molecular weight excluding hydrogens is 392 g/mol. The molecule has 178 valence electrons. The quantitative estimate of drug-likeness (QED) is 0.171. The van der Waals surface area contributed by atoms with Crippen LogP contribution in [-0.4, -0.2) is 34.4 Å². The van der Waals surface area contributed by atoms with Gasteiger partial charge in [-0.15, -0.1) is 0 Å². The lowest BCUT2D eigenvalue weighted by Crippen LogP contribution is -2.33. The Labute approximate surface area is 189 Å². The number of carboxylic acid groups (broad SMARTS) is 1. The maximum absolute atomic E-state index is 11.6. The van der Waals surface area contributed by atoms with Crippen LogP contribution in [0.5, 0.6) is 0 Å². The summed E-state index contributed by atoms with van der Waals surface area (Å²) in [5.41, 5.74) is 0. The molecule has 0 saturated heterocycles. The fourth-order valence-electron chi connectivity index (χ4n) is 4.55. The first-order valence-electron chi connectivity index (χ1n) is 12.4. The number of carbonyl (C=O) groups is 2. The molecule has 2 N–H and O–H groups in total. The molecule has 0 amide bonds. The summed E-state index contributed by atoms with van der Waals surface area (Å²) in [5.74, 6) is -0.579. The lowest BCUT2D eigenvalue weighted by molar-refractivity contribution is -0.151. The zero-order chi connectivity index (χ0) is 22.9. The van der Waals surface area contributed by atoms with Gasteiger partial charge in [-0.05, 0) is 38.0 Å². The van der Waals surface area contributed by atoms with E-state index in [2.05, 4.69) is 13.0 Å². The fraction of sp³-hybridized carbons (Fsp3) is 0.769. The van der Waals surface area contributed by atoms with E-state index in [9.17, 15) is 14.7 Å². The number of aliphatic hydroxyl groups is 1. The largest absolute Gasteiger partial charge is 0.481 e. The number of unbranched alkanes of at least 4 members (excludes halogenated alkanes) is 5. The Bertz CT molecular complexity index is 554. The van der Waals surface area contributed by atoms with E-state index in [-0.39, 0.29) is 24.4 Å². The monoisotopic (exact) mass is 436 g/mol. The van der Waals surface area contributed by atoms with Gasteiger partial charge in [-0.2, -0.15) is 0 Å². The molecule has 5 nitrogen and oxygen atoms in total. The molecule has 2 unspecified atom stereocenters. The Balaban J connectivity index is 2.52. The van der Waals surface area contributed by atoms with Crippen molar-refractivity contribution in [1.29, 1.82) is 0 Å². The highest BCUT2D eigenvalue weighted by Crippen LogP contribution is 2.36. The predicted octanol–water partition coefficient (Wildman–Crippen LogP) is 6.20. The van der Waals surface area contributed by atoms with Crippen LogP contribution in [0, 0.1) is 11.8 Å². The van der Waals surface area contributed by atoms with Crippen molar-refractivity contribution in [1.82, 2.24) is 0 Å². The highest BCUT2D eigenvalue weighted by atomic mass is 16.5. The van der Waals surface area contributed by atoms with E-state index in [0.29, 0.717) is 18.8 Å². The van der Waals surface area contributed by atoms with E-state index in [1.165, 1.54) is 39.0 Å². The molecule has 1 saturated carbocycles. The predicted molar refractivity (Wildman–Crippen MR) is 125 cm³/mol. The smallest absolute Gasteiger partial charge is 0.303 e. The van der Waals surface area contributed by atoms with Crippen molar-refractivity contribution < 1.29 is 24.5 Å². The first-order chi connectivity index (χ1) is 14.9. The van der Waals surface area contributed by atoms with Crippen LogP contribution in [0.3, 0.4) is 0 Å². The molecule has 1 aliphatic carbocycles. The number of hydrogen-bond acceptors (Lipinski definition) is 4. The molecule has 4 atom stereocenters. The van der Waals surface area contributed by atoms with Gasteiger partial charge in [0.1, 0.15) is 6.10 Å². The minimum absolute atomic E-state index is 0.101. The molecule has 1 aliphatic rings. The van der Waals surface area contributed by atoms with E-state index in [1.807, 2.05) is 18.2 Å². The summed E-state index contributed by atoms with van der Waals surface area (Å²) in [6.45, 7) is 3.64. The van der Waals surface area contributed by atoms with Crippen LogP contribution >= 0.6 is 0 Å². The van der Waals surface area contributed by atoms with E-state index in [0.717, 1.165) is 38.5 Å². The molecule has 31 heavy (non-hydrogen) atoms. The third-order valence-electron chi connectivity index (χ3n) is 6.21. The number of carbonyl (C=O) groups excluding carboxylic acids is 1. The fourth-order valence-corrected chi connectivity index (χ4v) is 4.55.